The van der Waals surface area contributed by atoms with Crippen LogP contribution in [0.4, 0.5) is 0 Å². The first-order valence-electron chi connectivity index (χ1n) is 15.2. The van der Waals surface area contributed by atoms with Crippen LogP contribution in [0, 0.1) is 13.8 Å². The number of tetrazole rings is 1. The van der Waals surface area contributed by atoms with Crippen molar-refractivity contribution in [3.05, 3.63) is 101 Å². The zero-order valence-corrected chi connectivity index (χ0v) is 26.2. The fraction of sp³-hybridized carbons (Fsp3) is 0.265. The van der Waals surface area contributed by atoms with Crippen molar-refractivity contribution in [2.45, 2.75) is 59.7 Å². The normalized spacial score (nSPS) is 12.0. The second-order valence-corrected chi connectivity index (χ2v) is 11.2. The predicted octanol–water partition coefficient (Wildman–Crippen LogP) is 4.75. The molecule has 3 N–H and O–H groups in total. The zero-order valence-electron chi connectivity index (χ0n) is 26.2. The highest BCUT2D eigenvalue weighted by Crippen LogP contribution is 2.33. The maximum absolute atomic E-state index is 13.3. The summed E-state index contributed by atoms with van der Waals surface area (Å²) >= 11 is 0. The average Bonchev–Trinajstić information content (AvgIpc) is 3.79. The molecule has 0 aliphatic heterocycles. The van der Waals surface area contributed by atoms with Gasteiger partial charge in [-0.15, -0.1) is 10.2 Å². The van der Waals surface area contributed by atoms with Gasteiger partial charge in [0.1, 0.15) is 23.1 Å². The van der Waals surface area contributed by atoms with Crippen molar-refractivity contribution in [3.63, 3.8) is 0 Å². The second-order valence-electron chi connectivity index (χ2n) is 11.2. The van der Waals surface area contributed by atoms with Crippen molar-refractivity contribution in [1.82, 2.24) is 45.0 Å². The van der Waals surface area contributed by atoms with E-state index in [1.54, 1.807) is 6.07 Å². The minimum Gasteiger partial charge on any atom is -0.480 e. The number of benzene rings is 2. The number of amides is 1. The molecule has 6 aromatic rings. The van der Waals surface area contributed by atoms with E-state index in [4.69, 9.17) is 9.97 Å². The number of aromatic nitrogens is 8. The number of carbonyl (C=O) groups excluding carboxylic acids is 1. The molecule has 4 heterocycles. The molecule has 12 heteroatoms. The van der Waals surface area contributed by atoms with Gasteiger partial charge in [0.05, 0.1) is 12.2 Å². The molecule has 1 amide bonds. The molecule has 12 nitrogen and oxygen atoms in total. The zero-order chi connectivity index (χ0) is 32.4. The van der Waals surface area contributed by atoms with E-state index < -0.39 is 17.9 Å². The number of hydrogen-bond donors (Lipinski definition) is 3. The third-order valence-electron chi connectivity index (χ3n) is 8.18. The number of aliphatic carboxylic acids is 1. The van der Waals surface area contributed by atoms with Gasteiger partial charge >= 0.3 is 5.97 Å². The van der Waals surface area contributed by atoms with Crippen LogP contribution in [0.25, 0.3) is 33.8 Å². The number of aryl methyl sites for hydroxylation is 3. The van der Waals surface area contributed by atoms with Crippen LogP contribution in [-0.2, 0) is 30.7 Å². The van der Waals surface area contributed by atoms with Gasteiger partial charge in [-0.05, 0) is 60.4 Å². The highest BCUT2D eigenvalue weighted by atomic mass is 16.4. The average molecular weight is 618 g/mol. The molecule has 2 aromatic carbocycles. The van der Waals surface area contributed by atoms with E-state index in [2.05, 4.69) is 74.7 Å². The molecule has 0 saturated heterocycles. The SMILES string of the molecule is CCc1nc2c(C)cc(C(=O)N[C@@H](Cc3ccccc3)C(=O)O)nc2n1Cc1ccc(-c2c(-c3nn[nH]n3)cc(C)n2CC)cc1. The summed E-state index contributed by atoms with van der Waals surface area (Å²) in [5, 5.41) is 27.2. The van der Waals surface area contributed by atoms with Gasteiger partial charge in [0.2, 0.25) is 5.82 Å². The summed E-state index contributed by atoms with van der Waals surface area (Å²) in [4.78, 5) is 34.9. The number of aromatic amines is 1. The lowest BCUT2D eigenvalue weighted by atomic mass is 10.0. The minimum absolute atomic E-state index is 0.146. The van der Waals surface area contributed by atoms with Crippen LogP contribution in [0.2, 0.25) is 0 Å². The molecule has 234 valence electrons. The standard InChI is InChI=1S/C34H35N9O3/c1-5-28-37-29-20(3)16-26(33(44)36-27(34(45)46)18-22-10-8-7-9-11-22)35-32(29)43(28)19-23-12-14-24(15-13-23)30-25(31-38-40-41-39-31)17-21(4)42(30)6-2/h7-17,27H,5-6,18-19H2,1-4H3,(H,36,44)(H,45,46)(H,38,39,40,41)/t27-/m0/s1. The number of nitrogens with one attached hydrogen (secondary N) is 2. The lowest BCUT2D eigenvalue weighted by molar-refractivity contribution is -0.139. The van der Waals surface area contributed by atoms with Gasteiger partial charge in [0.15, 0.2) is 5.65 Å². The lowest BCUT2D eigenvalue weighted by Gasteiger charge is -2.15. The van der Waals surface area contributed by atoms with Gasteiger partial charge in [-0.3, -0.25) is 4.79 Å². The van der Waals surface area contributed by atoms with Gasteiger partial charge < -0.3 is 19.6 Å². The Kier molecular flexibility index (Phi) is 8.43. The third-order valence-corrected chi connectivity index (χ3v) is 8.18. The molecule has 0 saturated carbocycles. The number of rotatable bonds is 11. The van der Waals surface area contributed by atoms with E-state index in [1.165, 1.54) is 0 Å². The van der Waals surface area contributed by atoms with Crippen LogP contribution in [0.1, 0.15) is 52.5 Å². The number of fused-ring (bicyclic) bond motifs is 1. The third kappa shape index (κ3) is 5.88. The smallest absolute Gasteiger partial charge is 0.326 e. The Morgan fingerprint density at radius 1 is 0.957 bits per heavy atom. The monoisotopic (exact) mass is 617 g/mol. The first-order chi connectivity index (χ1) is 22.3. The fourth-order valence-electron chi connectivity index (χ4n) is 5.91. The van der Waals surface area contributed by atoms with Crippen LogP contribution in [0.5, 0.6) is 0 Å². The summed E-state index contributed by atoms with van der Waals surface area (Å²) in [6, 6.07) is 20.2. The highest BCUT2D eigenvalue weighted by Gasteiger charge is 2.24. The molecular weight excluding hydrogens is 582 g/mol. The summed E-state index contributed by atoms with van der Waals surface area (Å²) in [5.74, 6) is -0.268. The number of H-pyrrole nitrogens is 1. The molecule has 0 fully saturated rings. The van der Waals surface area contributed by atoms with Gasteiger partial charge in [-0.25, -0.2) is 14.8 Å². The Morgan fingerprint density at radius 3 is 2.37 bits per heavy atom. The number of nitrogens with zero attached hydrogens (tertiary/aromatic N) is 7. The molecular formula is C34H35N9O3. The molecule has 1 atom stereocenters. The van der Waals surface area contributed by atoms with Crippen LogP contribution in [-0.4, -0.2) is 62.8 Å². The Balaban J connectivity index is 1.30. The lowest BCUT2D eigenvalue weighted by Crippen LogP contribution is -2.42. The first-order valence-corrected chi connectivity index (χ1v) is 15.2. The topological polar surface area (TPSA) is 156 Å². The quantitative estimate of drug-likeness (QED) is 0.188. The van der Waals surface area contributed by atoms with Crippen LogP contribution in [0.3, 0.4) is 0 Å². The van der Waals surface area contributed by atoms with E-state index in [-0.39, 0.29) is 12.1 Å². The summed E-state index contributed by atoms with van der Waals surface area (Å²) in [6.45, 7) is 9.38. The molecule has 6 rings (SSSR count). The highest BCUT2D eigenvalue weighted by molar-refractivity contribution is 5.97. The van der Waals surface area contributed by atoms with Gasteiger partial charge in [-0.1, -0.05) is 61.5 Å². The van der Waals surface area contributed by atoms with E-state index in [0.717, 1.165) is 51.6 Å². The van der Waals surface area contributed by atoms with E-state index in [1.807, 2.05) is 48.7 Å². The molecule has 4 aromatic heterocycles. The molecule has 0 unspecified atom stereocenters. The number of carboxylic acid groups (broad SMARTS) is 1. The molecule has 0 spiro atoms. The van der Waals surface area contributed by atoms with Crippen molar-refractivity contribution in [2.75, 3.05) is 0 Å². The summed E-state index contributed by atoms with van der Waals surface area (Å²) in [7, 11) is 0. The van der Waals surface area contributed by atoms with Crippen LogP contribution in [0.15, 0.2) is 66.7 Å². The maximum atomic E-state index is 13.3. The number of pyridine rings is 1. The fourth-order valence-corrected chi connectivity index (χ4v) is 5.91. The summed E-state index contributed by atoms with van der Waals surface area (Å²) in [6.07, 6.45) is 0.834. The number of carboxylic acids is 1. The first kappa shape index (κ1) is 30.4. The van der Waals surface area contributed by atoms with Crippen LogP contribution >= 0.6 is 0 Å². The molecule has 46 heavy (non-hydrogen) atoms. The predicted molar refractivity (Wildman–Crippen MR) is 173 cm³/mol. The number of carbonyl (C=O) groups is 2. The van der Waals surface area contributed by atoms with Crippen molar-refractivity contribution >= 4 is 23.0 Å². The second kappa shape index (κ2) is 12.8. The molecule has 0 aliphatic rings. The number of imidazole rings is 1. The van der Waals surface area contributed by atoms with E-state index in [0.29, 0.717) is 30.0 Å². The van der Waals surface area contributed by atoms with E-state index in [9.17, 15) is 14.7 Å². The Bertz CT molecular complexity index is 2010. The summed E-state index contributed by atoms with van der Waals surface area (Å²) in [5.41, 5.74) is 8.15. The van der Waals surface area contributed by atoms with Crippen molar-refractivity contribution in [3.8, 4) is 22.6 Å². The minimum atomic E-state index is -1.11. The van der Waals surface area contributed by atoms with Gasteiger partial charge in [-0.2, -0.15) is 5.21 Å². The Hall–Kier alpha value is -5.65. The van der Waals surface area contributed by atoms with Gasteiger partial charge in [0.25, 0.3) is 5.91 Å². The van der Waals surface area contributed by atoms with Crippen molar-refractivity contribution < 1.29 is 14.7 Å². The molecule has 0 bridgehead atoms. The molecule has 0 aliphatic carbocycles. The van der Waals surface area contributed by atoms with E-state index >= 15 is 0 Å². The Morgan fingerprint density at radius 2 is 1.72 bits per heavy atom. The number of hydrogen-bond acceptors (Lipinski definition) is 7. The van der Waals surface area contributed by atoms with Gasteiger partial charge in [0, 0.05) is 30.6 Å². The summed E-state index contributed by atoms with van der Waals surface area (Å²) < 4.78 is 4.25. The molecule has 0 radical (unpaired) electrons. The Labute approximate surface area is 265 Å². The van der Waals surface area contributed by atoms with Crippen molar-refractivity contribution in [1.29, 1.82) is 0 Å². The van der Waals surface area contributed by atoms with Crippen molar-refractivity contribution in [2.24, 2.45) is 0 Å². The largest absolute Gasteiger partial charge is 0.480 e. The maximum Gasteiger partial charge on any atom is 0.326 e. The van der Waals surface area contributed by atoms with Crippen LogP contribution < -0.4 is 5.32 Å².